The molecule has 0 aliphatic heterocycles. The molecule has 2 heteroatoms. The van der Waals surface area contributed by atoms with Gasteiger partial charge in [-0.3, -0.25) is 0 Å². The first-order valence-corrected chi connectivity index (χ1v) is 18.1. The van der Waals surface area contributed by atoms with Crippen LogP contribution in [-0.4, -0.2) is 0 Å². The summed E-state index contributed by atoms with van der Waals surface area (Å²) in [6.07, 6.45) is 37.9. The molecule has 39 heavy (non-hydrogen) atoms. The average molecular weight is 581 g/mol. The fraction of sp³-hybridized carbons (Fsp3) is 0.838. The zero-order valence-corrected chi connectivity index (χ0v) is 28.9. The van der Waals surface area contributed by atoms with Crippen LogP contribution in [0.5, 0.6) is 0 Å². The van der Waals surface area contributed by atoms with Crippen LogP contribution < -0.4 is 0 Å². The molecular formula is C37H70ClP. The van der Waals surface area contributed by atoms with Gasteiger partial charge in [-0.2, -0.15) is 0 Å². The van der Waals surface area contributed by atoms with E-state index in [2.05, 4.69) is 54.3 Å². The lowest BCUT2D eigenvalue weighted by atomic mass is 9.83. The van der Waals surface area contributed by atoms with Gasteiger partial charge < -0.3 is 0 Å². The molecule has 230 valence electrons. The first-order valence-electron chi connectivity index (χ1n) is 17.5. The lowest BCUT2D eigenvalue weighted by Gasteiger charge is -2.33. The Bertz CT molecular complexity index is 608. The fourth-order valence-electron chi connectivity index (χ4n) is 6.22. The standard InChI is InChI=1S/C37H69P.ClH/c1-4-7-10-13-16-19-22-25-30-35-31-26-27-32-36(35)37(38,33-28-23-20-17-14-11-8-5-2)34-29-24-21-18-15-12-9-6-3;/h26-27,31-32H,4-25,28-30,33-34,38H2,1-3H3;1H. The molecule has 1 aromatic rings. The number of unbranched alkanes of at least 4 members (excludes halogenated alkanes) is 21. The second-order valence-electron chi connectivity index (χ2n) is 12.5. The maximum absolute atomic E-state index is 3.42. The summed E-state index contributed by atoms with van der Waals surface area (Å²) in [6.45, 7) is 6.95. The molecule has 0 aromatic heterocycles. The van der Waals surface area contributed by atoms with E-state index in [1.54, 1.807) is 11.1 Å². The molecule has 0 amide bonds. The van der Waals surface area contributed by atoms with Crippen LogP contribution in [0.2, 0.25) is 0 Å². The number of halogens is 1. The quantitative estimate of drug-likeness (QED) is 0.0682. The summed E-state index contributed by atoms with van der Waals surface area (Å²) in [5, 5.41) is 0.279. The van der Waals surface area contributed by atoms with Gasteiger partial charge >= 0.3 is 0 Å². The van der Waals surface area contributed by atoms with Crippen molar-refractivity contribution >= 4 is 21.6 Å². The number of rotatable bonds is 28. The number of aryl methyl sites for hydroxylation is 1. The molecule has 1 rings (SSSR count). The molecular weight excluding hydrogens is 511 g/mol. The molecule has 0 heterocycles. The maximum Gasteiger partial charge on any atom is 0.0100 e. The smallest absolute Gasteiger partial charge is 0.0100 e. The molecule has 0 bridgehead atoms. The molecule has 0 radical (unpaired) electrons. The van der Waals surface area contributed by atoms with Crippen LogP contribution in [0, 0.1) is 0 Å². The highest BCUT2D eigenvalue weighted by molar-refractivity contribution is 7.18. The van der Waals surface area contributed by atoms with Crippen molar-refractivity contribution < 1.29 is 0 Å². The van der Waals surface area contributed by atoms with E-state index in [9.17, 15) is 0 Å². The van der Waals surface area contributed by atoms with E-state index in [4.69, 9.17) is 0 Å². The summed E-state index contributed by atoms with van der Waals surface area (Å²) in [5.74, 6) is 0. The monoisotopic (exact) mass is 580 g/mol. The van der Waals surface area contributed by atoms with Gasteiger partial charge in [0.2, 0.25) is 0 Å². The highest BCUT2D eigenvalue weighted by atomic mass is 35.5. The van der Waals surface area contributed by atoms with Gasteiger partial charge in [-0.15, -0.1) is 21.6 Å². The highest BCUT2D eigenvalue weighted by Gasteiger charge is 2.28. The van der Waals surface area contributed by atoms with E-state index >= 15 is 0 Å². The van der Waals surface area contributed by atoms with Crippen LogP contribution in [0.4, 0.5) is 0 Å². The number of hydrogen-bond donors (Lipinski definition) is 0. The van der Waals surface area contributed by atoms with Gasteiger partial charge in [0.15, 0.2) is 0 Å². The van der Waals surface area contributed by atoms with Crippen LogP contribution in [0.25, 0.3) is 0 Å². The molecule has 0 fully saturated rings. The Balaban J connectivity index is 0.0000144. The van der Waals surface area contributed by atoms with E-state index in [0.717, 1.165) is 0 Å². The van der Waals surface area contributed by atoms with Gasteiger partial charge in [0.05, 0.1) is 0 Å². The molecule has 0 aliphatic rings. The molecule has 0 N–H and O–H groups in total. The Morgan fingerprint density at radius 3 is 1.21 bits per heavy atom. The summed E-state index contributed by atoms with van der Waals surface area (Å²) in [7, 11) is 3.42. The van der Waals surface area contributed by atoms with E-state index < -0.39 is 0 Å². The van der Waals surface area contributed by atoms with Crippen LogP contribution >= 0.6 is 21.6 Å². The van der Waals surface area contributed by atoms with Crippen molar-refractivity contribution in [3.63, 3.8) is 0 Å². The summed E-state index contributed by atoms with van der Waals surface area (Å²) in [5.41, 5.74) is 3.31. The van der Waals surface area contributed by atoms with Gasteiger partial charge in [-0.05, 0) is 36.8 Å². The maximum atomic E-state index is 3.42. The highest BCUT2D eigenvalue weighted by Crippen LogP contribution is 2.44. The van der Waals surface area contributed by atoms with Crippen LogP contribution in [0.15, 0.2) is 24.3 Å². The SMILES string of the molecule is CCCCCCCCCCc1ccccc1C(P)(CCCCCCCCCC)CCCCCCCCCC.Cl. The van der Waals surface area contributed by atoms with Gasteiger partial charge in [0.25, 0.3) is 0 Å². The minimum atomic E-state index is 0. The second kappa shape index (κ2) is 28.1. The predicted octanol–water partition coefficient (Wildman–Crippen LogP) is 13.9. The molecule has 0 saturated carbocycles. The summed E-state index contributed by atoms with van der Waals surface area (Å²) in [4.78, 5) is 0. The van der Waals surface area contributed by atoms with Crippen LogP contribution in [-0.2, 0) is 11.6 Å². The van der Waals surface area contributed by atoms with E-state index in [1.165, 1.54) is 173 Å². The summed E-state index contributed by atoms with van der Waals surface area (Å²) in [6, 6.07) is 9.55. The number of benzene rings is 1. The first-order chi connectivity index (χ1) is 18.7. The van der Waals surface area contributed by atoms with E-state index in [0.29, 0.717) is 0 Å². The zero-order chi connectivity index (χ0) is 27.6. The summed E-state index contributed by atoms with van der Waals surface area (Å²) >= 11 is 0. The Morgan fingerprint density at radius 1 is 0.462 bits per heavy atom. The van der Waals surface area contributed by atoms with Gasteiger partial charge in [0, 0.05) is 5.16 Å². The lowest BCUT2D eigenvalue weighted by molar-refractivity contribution is 0.447. The molecule has 1 atom stereocenters. The van der Waals surface area contributed by atoms with Gasteiger partial charge in [0.1, 0.15) is 0 Å². The van der Waals surface area contributed by atoms with Crippen molar-refractivity contribution in [3.8, 4) is 0 Å². The summed E-state index contributed by atoms with van der Waals surface area (Å²) < 4.78 is 0. The third-order valence-corrected chi connectivity index (χ3v) is 9.69. The average Bonchev–Trinajstić information content (AvgIpc) is 2.93. The van der Waals surface area contributed by atoms with E-state index in [-0.39, 0.29) is 17.6 Å². The number of hydrogen-bond acceptors (Lipinski definition) is 0. The Hall–Kier alpha value is -0.0600. The van der Waals surface area contributed by atoms with Crippen molar-refractivity contribution in [1.29, 1.82) is 0 Å². The van der Waals surface area contributed by atoms with Crippen molar-refractivity contribution in [3.05, 3.63) is 35.4 Å². The fourth-order valence-corrected chi connectivity index (χ4v) is 6.91. The largest absolute Gasteiger partial charge is 0.147 e. The molecule has 0 nitrogen and oxygen atoms in total. The van der Waals surface area contributed by atoms with Crippen molar-refractivity contribution in [2.75, 3.05) is 0 Å². The second-order valence-corrected chi connectivity index (χ2v) is 13.6. The van der Waals surface area contributed by atoms with Crippen molar-refractivity contribution in [2.24, 2.45) is 0 Å². The van der Waals surface area contributed by atoms with Crippen LogP contribution in [0.3, 0.4) is 0 Å². The first kappa shape index (κ1) is 38.9. The molecule has 0 spiro atoms. The minimum absolute atomic E-state index is 0. The zero-order valence-electron chi connectivity index (χ0n) is 26.9. The topological polar surface area (TPSA) is 0 Å². The molecule has 0 saturated heterocycles. The van der Waals surface area contributed by atoms with E-state index in [1.807, 2.05) is 0 Å². The van der Waals surface area contributed by atoms with Crippen LogP contribution in [0.1, 0.15) is 199 Å². The Morgan fingerprint density at radius 2 is 0.795 bits per heavy atom. The van der Waals surface area contributed by atoms with Crippen molar-refractivity contribution in [1.82, 2.24) is 0 Å². The molecule has 1 unspecified atom stereocenters. The normalized spacial score (nSPS) is 11.6. The van der Waals surface area contributed by atoms with Crippen molar-refractivity contribution in [2.45, 2.75) is 199 Å². The minimum Gasteiger partial charge on any atom is -0.147 e. The third kappa shape index (κ3) is 20.5. The Labute approximate surface area is 255 Å². The Kier molecular flexibility index (Phi) is 28.0. The third-order valence-electron chi connectivity index (χ3n) is 8.81. The molecule has 1 aromatic carbocycles. The van der Waals surface area contributed by atoms with Gasteiger partial charge in [-0.25, -0.2) is 0 Å². The van der Waals surface area contributed by atoms with Gasteiger partial charge in [-0.1, -0.05) is 193 Å². The molecule has 0 aliphatic carbocycles. The lowest BCUT2D eigenvalue weighted by Crippen LogP contribution is -2.20. The predicted molar refractivity (Wildman–Crippen MR) is 186 cm³/mol.